The quantitative estimate of drug-likeness (QED) is 0.418. The molecule has 0 unspecified atom stereocenters. The molecule has 0 amide bonds. The number of rotatable bonds is 8. The Morgan fingerprint density at radius 1 is 0.800 bits per heavy atom. The van der Waals surface area contributed by atoms with Crippen molar-refractivity contribution in [3.63, 3.8) is 0 Å². The van der Waals surface area contributed by atoms with Gasteiger partial charge >= 0.3 is 35.6 Å². The summed E-state index contributed by atoms with van der Waals surface area (Å²) in [7, 11) is 7.22. The van der Waals surface area contributed by atoms with Gasteiger partial charge in [-0.05, 0) is 0 Å². The van der Waals surface area contributed by atoms with Crippen LogP contribution in [0.1, 0.15) is 26.7 Å². The molecule has 0 saturated carbocycles. The van der Waals surface area contributed by atoms with E-state index in [1.165, 1.54) is 12.8 Å². The molecule has 0 saturated heterocycles. The average molecular weight is 391 g/mol. The minimum atomic E-state index is -1.28. The number of hydrogen-bond donors (Lipinski definition) is 0. The second-order valence-electron chi connectivity index (χ2n) is 7.25. The minimum absolute atomic E-state index is 0.334. The molecule has 0 aliphatic rings. The fourth-order valence-electron chi connectivity index (χ4n) is 1.56. The van der Waals surface area contributed by atoms with Crippen LogP contribution < -0.4 is 0 Å². The van der Waals surface area contributed by atoms with E-state index in [9.17, 15) is 0 Å². The molecule has 0 fully saturated rings. The van der Waals surface area contributed by atoms with Crippen LogP contribution in [0.25, 0.3) is 9.96 Å². The van der Waals surface area contributed by atoms with Gasteiger partial charge in [0.25, 0.3) is 0 Å². The molecule has 0 radical (unpaired) electrons. The standard InChI is InChI=1S/C13H32N2Si2.2ClH.Ti/c1-9-13(10-2,11-14-16(3,4)5)12-15-17(6,7)8;;;/h9-12H2,1-8H3;2*1H;/q-2;;;+2/p-2. The molecule has 0 heterocycles. The fourth-order valence-corrected chi connectivity index (χ4v) is 3.18. The van der Waals surface area contributed by atoms with Gasteiger partial charge in [-0.1, -0.05) is 87.9 Å². The third-order valence-corrected chi connectivity index (χ3v) is 5.49. The summed E-state index contributed by atoms with van der Waals surface area (Å²) in [6.45, 7) is 20.5. The third kappa shape index (κ3) is 14.6. The molecular formula is C13H32Cl2N2Si2Ti-2. The molecule has 0 N–H and O–H groups in total. The van der Waals surface area contributed by atoms with Crippen LogP contribution in [-0.2, 0) is 17.0 Å². The molecule has 0 aromatic carbocycles. The molecule has 0 bridgehead atoms. The van der Waals surface area contributed by atoms with E-state index in [0.717, 1.165) is 13.1 Å². The van der Waals surface area contributed by atoms with Crippen LogP contribution in [-0.4, -0.2) is 29.6 Å². The van der Waals surface area contributed by atoms with Crippen molar-refractivity contribution in [2.75, 3.05) is 13.1 Å². The van der Waals surface area contributed by atoms with Crippen molar-refractivity contribution in [1.82, 2.24) is 0 Å². The Morgan fingerprint density at radius 2 is 1.05 bits per heavy atom. The molecule has 0 aromatic rings. The van der Waals surface area contributed by atoms with Crippen LogP contribution >= 0.6 is 18.6 Å². The second kappa shape index (κ2) is 11.2. The van der Waals surface area contributed by atoms with Crippen LogP contribution in [0, 0.1) is 5.41 Å². The van der Waals surface area contributed by atoms with Gasteiger partial charge in [-0.15, -0.1) is 13.1 Å². The van der Waals surface area contributed by atoms with Gasteiger partial charge in [-0.2, -0.15) is 0 Å². The van der Waals surface area contributed by atoms with Gasteiger partial charge < -0.3 is 9.96 Å². The fraction of sp³-hybridized carbons (Fsp3) is 1.00. The van der Waals surface area contributed by atoms with Gasteiger partial charge in [0.2, 0.25) is 0 Å². The summed E-state index contributed by atoms with van der Waals surface area (Å²) in [5.74, 6) is 0. The maximum absolute atomic E-state index is 4.97. The number of nitrogens with zero attached hydrogens (tertiary/aromatic N) is 2. The molecule has 0 aliphatic carbocycles. The maximum atomic E-state index is 4.97. The summed E-state index contributed by atoms with van der Waals surface area (Å²) >= 11 is -0.556. The first-order valence-corrected chi connectivity index (χ1v) is 18.5. The Bertz CT molecular complexity index is 220. The molecule has 0 aromatic heterocycles. The molecule has 0 spiro atoms. The van der Waals surface area contributed by atoms with Crippen molar-refractivity contribution in [3.8, 4) is 0 Å². The van der Waals surface area contributed by atoms with Crippen molar-refractivity contribution in [2.45, 2.75) is 66.0 Å². The Hall–Kier alpha value is 1.65. The van der Waals surface area contributed by atoms with Crippen LogP contribution in [0.5, 0.6) is 0 Å². The molecular weight excluding hydrogens is 359 g/mol. The predicted octanol–water partition coefficient (Wildman–Crippen LogP) is 6.59. The zero-order valence-electron chi connectivity index (χ0n) is 14.5. The number of halogens is 2. The second-order valence-corrected chi connectivity index (χ2v) is 19.1. The van der Waals surface area contributed by atoms with E-state index in [-0.39, 0.29) is 0 Å². The topological polar surface area (TPSA) is 28.2 Å². The van der Waals surface area contributed by atoms with Crippen LogP contribution in [0.15, 0.2) is 0 Å². The van der Waals surface area contributed by atoms with Gasteiger partial charge in [0.15, 0.2) is 0 Å². The van der Waals surface area contributed by atoms with E-state index in [4.69, 9.17) is 28.6 Å². The van der Waals surface area contributed by atoms with Crippen molar-refractivity contribution in [1.29, 1.82) is 0 Å². The van der Waals surface area contributed by atoms with E-state index in [0.29, 0.717) is 5.41 Å². The predicted molar refractivity (Wildman–Crippen MR) is 97.9 cm³/mol. The van der Waals surface area contributed by atoms with Crippen molar-refractivity contribution in [3.05, 3.63) is 9.96 Å². The van der Waals surface area contributed by atoms with E-state index < -0.39 is 33.5 Å². The molecule has 0 aliphatic heterocycles. The van der Waals surface area contributed by atoms with Gasteiger partial charge in [0.05, 0.1) is 0 Å². The molecule has 20 heavy (non-hydrogen) atoms. The van der Waals surface area contributed by atoms with E-state index in [2.05, 4.69) is 53.1 Å². The normalized spacial score (nSPS) is 12.7. The van der Waals surface area contributed by atoms with Crippen molar-refractivity contribution in [2.24, 2.45) is 5.41 Å². The van der Waals surface area contributed by atoms with Gasteiger partial charge in [0, 0.05) is 0 Å². The first-order valence-electron chi connectivity index (χ1n) is 7.29. The first-order chi connectivity index (χ1) is 8.95. The zero-order valence-corrected chi connectivity index (χ0v) is 19.6. The Balaban J connectivity index is 0. The summed E-state index contributed by atoms with van der Waals surface area (Å²) in [6.07, 6.45) is 2.40. The number of hydrogen-bond acceptors (Lipinski definition) is 0. The molecule has 2 nitrogen and oxygen atoms in total. The Labute approximate surface area is 146 Å². The van der Waals surface area contributed by atoms with Crippen LogP contribution in [0.2, 0.25) is 39.3 Å². The van der Waals surface area contributed by atoms with Crippen molar-refractivity contribution < 1.29 is 17.0 Å². The molecule has 0 rings (SSSR count). The Kier molecular flexibility index (Phi) is 13.4. The molecule has 122 valence electrons. The van der Waals surface area contributed by atoms with Crippen LogP contribution in [0.4, 0.5) is 0 Å². The van der Waals surface area contributed by atoms with Gasteiger partial charge in [0.1, 0.15) is 0 Å². The molecule has 7 heteroatoms. The third-order valence-electron chi connectivity index (χ3n) is 3.28. The SMILES string of the molecule is CCC(CC)(C[N-][Si](C)(C)C)C[N-][Si](C)(C)C.[Cl][Ti][Cl]. The zero-order chi connectivity index (χ0) is 16.4. The summed E-state index contributed by atoms with van der Waals surface area (Å²) < 4.78 is 0. The average Bonchev–Trinajstić information content (AvgIpc) is 2.29. The Morgan fingerprint density at radius 3 is 1.20 bits per heavy atom. The monoisotopic (exact) mass is 390 g/mol. The summed E-state index contributed by atoms with van der Waals surface area (Å²) in [6, 6.07) is 0. The summed E-state index contributed by atoms with van der Waals surface area (Å²) in [5, 5.41) is 0. The van der Waals surface area contributed by atoms with Gasteiger partial charge in [-0.3, -0.25) is 0 Å². The van der Waals surface area contributed by atoms with E-state index >= 15 is 0 Å². The van der Waals surface area contributed by atoms with E-state index in [1.807, 2.05) is 0 Å². The summed E-state index contributed by atoms with van der Waals surface area (Å²) in [5.41, 5.74) is 0.334. The van der Waals surface area contributed by atoms with Gasteiger partial charge in [-0.25, -0.2) is 0 Å². The van der Waals surface area contributed by atoms with E-state index in [1.54, 1.807) is 0 Å². The first kappa shape index (κ1) is 23.9. The summed E-state index contributed by atoms with van der Waals surface area (Å²) in [4.78, 5) is 9.93. The van der Waals surface area contributed by atoms with Crippen molar-refractivity contribution >= 4 is 35.1 Å². The van der Waals surface area contributed by atoms with Crippen LogP contribution in [0.3, 0.4) is 0 Å². The molecule has 0 atom stereocenters.